The normalized spacial score (nSPS) is 17.4. The Morgan fingerprint density at radius 2 is 2.00 bits per heavy atom. The Hall–Kier alpha value is -2.08. The van der Waals surface area contributed by atoms with E-state index in [1.807, 2.05) is 18.2 Å². The smallest absolute Gasteiger partial charge is 0.263 e. The van der Waals surface area contributed by atoms with Gasteiger partial charge in [-0.3, -0.25) is 4.79 Å². The van der Waals surface area contributed by atoms with Gasteiger partial charge in [-0.2, -0.15) is 0 Å². The Balaban J connectivity index is 1.53. The summed E-state index contributed by atoms with van der Waals surface area (Å²) in [5.74, 6) is 2.28. The minimum Gasteiger partial charge on any atom is -0.486 e. The lowest BCUT2D eigenvalue weighted by Crippen LogP contribution is -2.31. The van der Waals surface area contributed by atoms with Crippen molar-refractivity contribution in [2.75, 3.05) is 13.2 Å². The molecule has 1 amide bonds. The highest BCUT2D eigenvalue weighted by atomic mass is 32.1. The lowest BCUT2D eigenvalue weighted by atomic mass is 9.95. The average Bonchev–Trinajstić information content (AvgIpc) is 3.35. The highest BCUT2D eigenvalue weighted by Crippen LogP contribution is 2.42. The van der Waals surface area contributed by atoms with Crippen molar-refractivity contribution >= 4 is 17.2 Å². The lowest BCUT2D eigenvalue weighted by Gasteiger charge is -2.25. The molecule has 132 valence electrons. The fourth-order valence-corrected chi connectivity index (χ4v) is 4.00. The van der Waals surface area contributed by atoms with Gasteiger partial charge in [0.2, 0.25) is 0 Å². The Labute approximate surface area is 151 Å². The third-order valence-electron chi connectivity index (χ3n) is 4.55. The van der Waals surface area contributed by atoms with Crippen molar-refractivity contribution in [1.82, 2.24) is 10.3 Å². The summed E-state index contributed by atoms with van der Waals surface area (Å²) >= 11 is 1.52. The van der Waals surface area contributed by atoms with Gasteiger partial charge >= 0.3 is 0 Å². The molecule has 0 bridgehead atoms. The minimum atomic E-state index is -0.0881. The largest absolute Gasteiger partial charge is 0.486 e. The number of hydrogen-bond acceptors (Lipinski definition) is 5. The van der Waals surface area contributed by atoms with E-state index in [0.29, 0.717) is 24.0 Å². The Morgan fingerprint density at radius 3 is 2.72 bits per heavy atom. The Kier molecular flexibility index (Phi) is 4.37. The minimum absolute atomic E-state index is 0.0574. The van der Waals surface area contributed by atoms with Gasteiger partial charge in [0.05, 0.1) is 17.2 Å². The van der Waals surface area contributed by atoms with Crippen molar-refractivity contribution in [1.29, 1.82) is 0 Å². The van der Waals surface area contributed by atoms with Crippen molar-refractivity contribution in [2.45, 2.75) is 38.6 Å². The van der Waals surface area contributed by atoms with Crippen LogP contribution in [0.5, 0.6) is 11.5 Å². The number of nitrogens with one attached hydrogen (secondary N) is 1. The van der Waals surface area contributed by atoms with Crippen LogP contribution < -0.4 is 14.8 Å². The molecule has 2 aromatic rings. The van der Waals surface area contributed by atoms with Gasteiger partial charge in [-0.25, -0.2) is 4.98 Å². The van der Waals surface area contributed by atoms with Crippen LogP contribution in [0.4, 0.5) is 0 Å². The summed E-state index contributed by atoms with van der Waals surface area (Å²) < 4.78 is 11.3. The van der Waals surface area contributed by atoms with E-state index in [1.165, 1.54) is 24.2 Å². The summed E-state index contributed by atoms with van der Waals surface area (Å²) in [6.07, 6.45) is 4.09. The molecule has 6 heteroatoms. The molecular formula is C19H22N2O3S. The van der Waals surface area contributed by atoms with Crippen LogP contribution in [-0.2, 0) is 0 Å². The van der Waals surface area contributed by atoms with Crippen LogP contribution in [0.3, 0.4) is 0 Å². The van der Waals surface area contributed by atoms with Crippen molar-refractivity contribution in [3.05, 3.63) is 39.8 Å². The van der Waals surface area contributed by atoms with Crippen LogP contribution in [0, 0.1) is 5.92 Å². The molecule has 2 aliphatic rings. The Bertz CT molecular complexity index is 783. The lowest BCUT2D eigenvalue weighted by molar-refractivity contribution is 0.0929. The number of benzene rings is 1. The first-order chi connectivity index (χ1) is 12.1. The molecule has 0 saturated heterocycles. The summed E-state index contributed by atoms with van der Waals surface area (Å²) in [6.45, 7) is 5.33. The molecule has 2 heterocycles. The second kappa shape index (κ2) is 6.67. The van der Waals surface area contributed by atoms with Gasteiger partial charge in [0.25, 0.3) is 5.91 Å². The van der Waals surface area contributed by atoms with Crippen LogP contribution >= 0.6 is 11.3 Å². The van der Waals surface area contributed by atoms with Gasteiger partial charge < -0.3 is 14.8 Å². The van der Waals surface area contributed by atoms with E-state index < -0.39 is 0 Å². The molecule has 0 radical (unpaired) electrons. The fourth-order valence-electron chi connectivity index (χ4n) is 3.01. The quantitative estimate of drug-likeness (QED) is 0.880. The molecule has 1 atom stereocenters. The van der Waals surface area contributed by atoms with Crippen molar-refractivity contribution < 1.29 is 14.3 Å². The third kappa shape index (κ3) is 3.49. The monoisotopic (exact) mass is 358 g/mol. The number of carbonyl (C=O) groups excluding carboxylic acids is 1. The van der Waals surface area contributed by atoms with E-state index in [2.05, 4.69) is 24.1 Å². The van der Waals surface area contributed by atoms with Gasteiger partial charge in [0.1, 0.15) is 18.1 Å². The standard InChI is InChI=1S/C19H22N2O3S/c1-11(2)17(13-5-6-14-15(9-13)24-8-7-23-14)21-18(22)16-10-20-19(25-16)12-3-4-12/h5-6,9-12,17H,3-4,7-8H2,1-2H3,(H,21,22). The topological polar surface area (TPSA) is 60.5 Å². The summed E-state index contributed by atoms with van der Waals surface area (Å²) in [7, 11) is 0. The molecule has 25 heavy (non-hydrogen) atoms. The zero-order valence-electron chi connectivity index (χ0n) is 14.5. The summed E-state index contributed by atoms with van der Waals surface area (Å²) in [6, 6.07) is 5.81. The maximum atomic E-state index is 12.7. The van der Waals surface area contributed by atoms with Crippen molar-refractivity contribution in [2.24, 2.45) is 5.92 Å². The Morgan fingerprint density at radius 1 is 1.24 bits per heavy atom. The first kappa shape index (κ1) is 16.4. The number of rotatable bonds is 5. The average molecular weight is 358 g/mol. The highest BCUT2D eigenvalue weighted by molar-refractivity contribution is 7.13. The number of ether oxygens (including phenoxy) is 2. The van der Waals surface area contributed by atoms with E-state index in [0.717, 1.165) is 22.1 Å². The van der Waals surface area contributed by atoms with Crippen LogP contribution in [0.15, 0.2) is 24.4 Å². The maximum absolute atomic E-state index is 12.7. The molecule has 1 saturated carbocycles. The zero-order valence-corrected chi connectivity index (χ0v) is 15.3. The third-order valence-corrected chi connectivity index (χ3v) is 5.71. The predicted octanol–water partition coefficient (Wildman–Crippen LogP) is 3.92. The van der Waals surface area contributed by atoms with Crippen LogP contribution in [0.1, 0.15) is 58.9 Å². The second-order valence-electron chi connectivity index (χ2n) is 6.94. The molecule has 5 nitrogen and oxygen atoms in total. The van der Waals surface area contributed by atoms with Gasteiger partial charge in [-0.05, 0) is 36.5 Å². The number of nitrogens with zero attached hydrogens (tertiary/aromatic N) is 1. The van der Waals surface area contributed by atoms with E-state index >= 15 is 0 Å². The van der Waals surface area contributed by atoms with Crippen molar-refractivity contribution in [3.63, 3.8) is 0 Å². The predicted molar refractivity (Wildman–Crippen MR) is 96.6 cm³/mol. The second-order valence-corrected chi connectivity index (χ2v) is 8.00. The van der Waals surface area contributed by atoms with E-state index in [-0.39, 0.29) is 17.9 Å². The summed E-state index contributed by atoms with van der Waals surface area (Å²) in [5.41, 5.74) is 1.03. The van der Waals surface area contributed by atoms with Gasteiger partial charge in [-0.15, -0.1) is 11.3 Å². The number of amides is 1. The number of carbonyl (C=O) groups is 1. The molecule has 1 aromatic heterocycles. The van der Waals surface area contributed by atoms with Gasteiger partial charge in [0, 0.05) is 5.92 Å². The van der Waals surface area contributed by atoms with Crippen LogP contribution in [0.2, 0.25) is 0 Å². The SMILES string of the molecule is CC(C)C(NC(=O)c1cnc(C2CC2)s1)c1ccc2c(c1)OCCO2. The van der Waals surface area contributed by atoms with E-state index in [4.69, 9.17) is 9.47 Å². The van der Waals surface area contributed by atoms with Crippen LogP contribution in [-0.4, -0.2) is 24.1 Å². The molecule has 1 aromatic carbocycles. The molecular weight excluding hydrogens is 336 g/mol. The van der Waals surface area contributed by atoms with E-state index in [9.17, 15) is 4.79 Å². The number of thiazole rings is 1. The molecule has 0 spiro atoms. The van der Waals surface area contributed by atoms with Gasteiger partial charge in [0.15, 0.2) is 11.5 Å². The fraction of sp³-hybridized carbons (Fsp3) is 0.474. The van der Waals surface area contributed by atoms with Gasteiger partial charge in [-0.1, -0.05) is 19.9 Å². The summed E-state index contributed by atoms with van der Waals surface area (Å²) in [4.78, 5) is 17.8. The number of fused-ring (bicyclic) bond motifs is 1. The molecule has 1 aliphatic heterocycles. The number of aromatic nitrogens is 1. The molecule has 4 rings (SSSR count). The maximum Gasteiger partial charge on any atom is 0.263 e. The molecule has 1 aliphatic carbocycles. The van der Waals surface area contributed by atoms with E-state index in [1.54, 1.807) is 6.20 Å². The first-order valence-electron chi connectivity index (χ1n) is 8.78. The zero-order chi connectivity index (χ0) is 17.4. The summed E-state index contributed by atoms with van der Waals surface area (Å²) in [5, 5.41) is 4.25. The first-order valence-corrected chi connectivity index (χ1v) is 9.59. The highest BCUT2D eigenvalue weighted by Gasteiger charge is 2.28. The van der Waals surface area contributed by atoms with Crippen LogP contribution in [0.25, 0.3) is 0 Å². The molecule has 1 N–H and O–H groups in total. The number of hydrogen-bond donors (Lipinski definition) is 1. The molecule has 1 fully saturated rings. The molecule has 1 unspecified atom stereocenters. The van der Waals surface area contributed by atoms with Crippen molar-refractivity contribution in [3.8, 4) is 11.5 Å².